The maximum Gasteiger partial charge on any atom is 0.175 e. The maximum atomic E-state index is 13.9. The molecule has 0 saturated heterocycles. The Hall–Kier alpha value is -3.45. The molecule has 1 aliphatic carbocycles. The average molecular weight is 563 g/mol. The van der Waals surface area contributed by atoms with Gasteiger partial charge in [-0.25, -0.2) is 0 Å². The number of carbonyl (C=O) groups is 1. The van der Waals surface area contributed by atoms with E-state index in [1.54, 1.807) is 7.11 Å². The SMILES string of the molecule is CCOc1c(Br)cc(C2Nc3ccccc3NC3=C2C(=O)CC(c2ccc(N(C)C)cc2)C3)cc1OC. The molecule has 6 nitrogen and oxygen atoms in total. The minimum atomic E-state index is -0.336. The minimum Gasteiger partial charge on any atom is -0.493 e. The number of fused-ring (bicyclic) bond motifs is 1. The molecule has 0 spiro atoms. The fraction of sp³-hybridized carbons (Fsp3) is 0.300. The highest BCUT2D eigenvalue weighted by Crippen LogP contribution is 2.46. The topological polar surface area (TPSA) is 62.8 Å². The first-order valence-corrected chi connectivity index (χ1v) is 13.3. The molecule has 1 aliphatic heterocycles. The van der Waals surface area contributed by atoms with Gasteiger partial charge >= 0.3 is 0 Å². The summed E-state index contributed by atoms with van der Waals surface area (Å²) < 4.78 is 12.3. The van der Waals surface area contributed by atoms with E-state index in [1.807, 2.05) is 57.4 Å². The maximum absolute atomic E-state index is 13.9. The van der Waals surface area contributed by atoms with E-state index in [9.17, 15) is 4.79 Å². The Morgan fingerprint density at radius 3 is 2.41 bits per heavy atom. The number of hydrogen-bond acceptors (Lipinski definition) is 6. The first-order valence-electron chi connectivity index (χ1n) is 12.6. The molecular weight excluding hydrogens is 530 g/mol. The van der Waals surface area contributed by atoms with E-state index in [-0.39, 0.29) is 17.7 Å². The first-order chi connectivity index (χ1) is 17.9. The minimum absolute atomic E-state index is 0.113. The Bertz CT molecular complexity index is 1350. The highest BCUT2D eigenvalue weighted by molar-refractivity contribution is 9.10. The quantitative estimate of drug-likeness (QED) is 0.341. The normalized spacial score (nSPS) is 18.7. The van der Waals surface area contributed by atoms with Crippen LogP contribution in [0, 0.1) is 0 Å². The number of ether oxygens (including phenoxy) is 2. The number of benzene rings is 3. The van der Waals surface area contributed by atoms with Gasteiger partial charge in [-0.3, -0.25) is 4.79 Å². The molecule has 192 valence electrons. The van der Waals surface area contributed by atoms with Crippen LogP contribution in [0.3, 0.4) is 0 Å². The summed E-state index contributed by atoms with van der Waals surface area (Å²) in [5.41, 5.74) is 6.91. The zero-order chi connectivity index (χ0) is 26.1. The van der Waals surface area contributed by atoms with E-state index >= 15 is 0 Å². The zero-order valence-electron chi connectivity index (χ0n) is 21.6. The number of methoxy groups -OCH3 is 1. The van der Waals surface area contributed by atoms with Crippen molar-refractivity contribution in [1.82, 2.24) is 0 Å². The van der Waals surface area contributed by atoms with E-state index in [1.165, 1.54) is 5.56 Å². The fourth-order valence-corrected chi connectivity index (χ4v) is 5.79. The Morgan fingerprint density at radius 1 is 1.00 bits per heavy atom. The van der Waals surface area contributed by atoms with Gasteiger partial charge in [-0.05, 0) is 82.7 Å². The summed E-state index contributed by atoms with van der Waals surface area (Å²) in [6.45, 7) is 2.47. The first kappa shape index (κ1) is 25.2. The van der Waals surface area contributed by atoms with Gasteiger partial charge in [-0.2, -0.15) is 0 Å². The summed E-state index contributed by atoms with van der Waals surface area (Å²) in [4.78, 5) is 16.0. The van der Waals surface area contributed by atoms with Crippen molar-refractivity contribution in [1.29, 1.82) is 0 Å². The number of rotatable bonds is 6. The molecule has 5 rings (SSSR count). The molecule has 1 heterocycles. The van der Waals surface area contributed by atoms with Gasteiger partial charge in [-0.15, -0.1) is 0 Å². The van der Waals surface area contributed by atoms with Crippen molar-refractivity contribution < 1.29 is 14.3 Å². The van der Waals surface area contributed by atoms with E-state index < -0.39 is 0 Å². The highest BCUT2D eigenvalue weighted by Gasteiger charge is 2.36. The molecule has 7 heteroatoms. The fourth-order valence-electron chi connectivity index (χ4n) is 5.21. The number of halogens is 1. The molecule has 0 fully saturated rings. The van der Waals surface area contributed by atoms with Crippen molar-refractivity contribution in [2.75, 3.05) is 43.3 Å². The number of anilines is 3. The summed E-state index contributed by atoms with van der Waals surface area (Å²) in [6.07, 6.45) is 1.22. The molecule has 2 unspecified atom stereocenters. The third-order valence-corrected chi connectivity index (χ3v) is 7.65. The van der Waals surface area contributed by atoms with Crippen molar-refractivity contribution in [3.63, 3.8) is 0 Å². The lowest BCUT2D eigenvalue weighted by atomic mass is 9.78. The number of nitrogens with zero attached hydrogens (tertiary/aromatic N) is 1. The lowest BCUT2D eigenvalue weighted by molar-refractivity contribution is -0.116. The van der Waals surface area contributed by atoms with Gasteiger partial charge in [0.25, 0.3) is 0 Å². The van der Waals surface area contributed by atoms with Crippen LogP contribution in [0.25, 0.3) is 0 Å². The van der Waals surface area contributed by atoms with Gasteiger partial charge in [0.2, 0.25) is 0 Å². The molecule has 0 amide bonds. The third-order valence-electron chi connectivity index (χ3n) is 7.06. The number of carbonyl (C=O) groups excluding carboxylic acids is 1. The average Bonchev–Trinajstić information content (AvgIpc) is 3.06. The molecule has 0 saturated carbocycles. The molecule has 2 aliphatic rings. The molecule has 2 atom stereocenters. The predicted molar refractivity (Wildman–Crippen MR) is 153 cm³/mol. The van der Waals surface area contributed by atoms with E-state index in [0.29, 0.717) is 24.5 Å². The molecular formula is C30H32BrN3O3. The Balaban J connectivity index is 1.59. The number of ketones is 1. The lowest BCUT2D eigenvalue weighted by Gasteiger charge is -2.30. The van der Waals surface area contributed by atoms with Crippen LogP contribution in [-0.2, 0) is 4.79 Å². The second-order valence-electron chi connectivity index (χ2n) is 9.62. The second kappa shape index (κ2) is 10.5. The third kappa shape index (κ3) is 4.92. The van der Waals surface area contributed by atoms with Gasteiger partial charge < -0.3 is 25.0 Å². The van der Waals surface area contributed by atoms with E-state index in [0.717, 1.165) is 44.8 Å². The van der Waals surface area contributed by atoms with Gasteiger partial charge in [0.05, 0.1) is 35.6 Å². The summed E-state index contributed by atoms with van der Waals surface area (Å²) in [5, 5.41) is 7.26. The van der Waals surface area contributed by atoms with E-state index in [4.69, 9.17) is 9.47 Å². The number of allylic oxidation sites excluding steroid dienone is 1. The van der Waals surface area contributed by atoms with Crippen LogP contribution in [-0.4, -0.2) is 33.6 Å². The smallest absolute Gasteiger partial charge is 0.175 e. The molecule has 37 heavy (non-hydrogen) atoms. The number of Topliss-reactive ketones (excluding diaryl/α,β-unsaturated/α-hetero) is 1. The van der Waals surface area contributed by atoms with Crippen LogP contribution in [0.2, 0.25) is 0 Å². The van der Waals surface area contributed by atoms with Crippen molar-refractivity contribution >= 4 is 38.8 Å². The Labute approximate surface area is 226 Å². The number of nitrogens with one attached hydrogen (secondary N) is 2. The van der Waals surface area contributed by atoms with Gasteiger partial charge in [0.15, 0.2) is 17.3 Å². The van der Waals surface area contributed by atoms with Crippen LogP contribution < -0.4 is 25.0 Å². The van der Waals surface area contributed by atoms with Crippen LogP contribution in [0.15, 0.2) is 76.4 Å². The Morgan fingerprint density at radius 2 is 1.73 bits per heavy atom. The van der Waals surface area contributed by atoms with E-state index in [2.05, 4.69) is 55.7 Å². The largest absolute Gasteiger partial charge is 0.493 e. The van der Waals surface area contributed by atoms with Gasteiger partial charge in [0, 0.05) is 37.5 Å². The zero-order valence-corrected chi connectivity index (χ0v) is 23.2. The van der Waals surface area contributed by atoms with Crippen LogP contribution in [0.4, 0.5) is 17.1 Å². The monoisotopic (exact) mass is 561 g/mol. The van der Waals surface area contributed by atoms with Crippen LogP contribution >= 0.6 is 15.9 Å². The van der Waals surface area contributed by atoms with Crippen LogP contribution in [0.1, 0.15) is 42.9 Å². The summed E-state index contributed by atoms with van der Waals surface area (Å²) >= 11 is 3.66. The van der Waals surface area contributed by atoms with Crippen molar-refractivity contribution in [3.8, 4) is 11.5 Å². The van der Waals surface area contributed by atoms with Gasteiger partial charge in [0.1, 0.15) is 0 Å². The summed E-state index contributed by atoms with van der Waals surface area (Å²) in [7, 11) is 5.70. The summed E-state index contributed by atoms with van der Waals surface area (Å²) in [6, 6.07) is 20.3. The number of para-hydroxylation sites is 2. The lowest BCUT2D eigenvalue weighted by Crippen LogP contribution is -2.27. The summed E-state index contributed by atoms with van der Waals surface area (Å²) in [5.74, 6) is 1.54. The number of hydrogen-bond donors (Lipinski definition) is 2. The molecule has 0 radical (unpaired) electrons. The van der Waals surface area contributed by atoms with Crippen molar-refractivity contribution in [3.05, 3.63) is 87.5 Å². The molecule has 2 N–H and O–H groups in total. The Kier molecular flexibility index (Phi) is 7.15. The predicted octanol–water partition coefficient (Wildman–Crippen LogP) is 6.90. The molecule has 3 aromatic carbocycles. The van der Waals surface area contributed by atoms with Crippen molar-refractivity contribution in [2.45, 2.75) is 31.7 Å². The highest BCUT2D eigenvalue weighted by atomic mass is 79.9. The molecule has 0 bridgehead atoms. The molecule has 0 aromatic heterocycles. The van der Waals surface area contributed by atoms with Crippen molar-refractivity contribution in [2.24, 2.45) is 0 Å². The molecule has 3 aromatic rings. The van der Waals surface area contributed by atoms with Gasteiger partial charge in [-0.1, -0.05) is 24.3 Å². The standard InChI is InChI=1S/C30H32BrN3O3/c1-5-37-30-22(31)14-20(17-27(30)36-4)29-28-25(32-23-8-6-7-9-24(23)33-29)15-19(16-26(28)35)18-10-12-21(13-11-18)34(2)3/h6-14,17,19,29,32-33H,5,15-16H2,1-4H3. The van der Waals surface area contributed by atoms with Crippen LogP contribution in [0.5, 0.6) is 11.5 Å². The second-order valence-corrected chi connectivity index (χ2v) is 10.5.